The highest BCUT2D eigenvalue weighted by Crippen LogP contribution is 2.67. The van der Waals surface area contributed by atoms with Gasteiger partial charge >= 0.3 is 5.97 Å². The number of fused-ring (bicyclic) bond motifs is 5. The molecule has 0 aromatic heterocycles. The fourth-order valence-electron chi connectivity index (χ4n) is 10.4. The van der Waals surface area contributed by atoms with Crippen molar-refractivity contribution in [2.75, 3.05) is 0 Å². The first kappa shape index (κ1) is 31.9. The van der Waals surface area contributed by atoms with Crippen molar-refractivity contribution in [1.29, 1.82) is 0 Å². The van der Waals surface area contributed by atoms with E-state index < -0.39 is 5.97 Å². The van der Waals surface area contributed by atoms with E-state index in [9.17, 15) is 4.79 Å². The molecule has 0 radical (unpaired) electrons. The Labute approximate surface area is 248 Å². The van der Waals surface area contributed by atoms with Crippen LogP contribution in [0.3, 0.4) is 0 Å². The third-order valence-corrected chi connectivity index (χ3v) is 12.8. The Kier molecular flexibility index (Phi) is 11.5. The van der Waals surface area contributed by atoms with E-state index in [0.29, 0.717) is 17.3 Å². The first-order valence-electron chi connectivity index (χ1n) is 17.7. The van der Waals surface area contributed by atoms with E-state index in [1.807, 2.05) is 5.57 Å². The Morgan fingerprint density at radius 1 is 0.925 bits per heavy atom. The van der Waals surface area contributed by atoms with Crippen molar-refractivity contribution >= 4 is 5.97 Å². The van der Waals surface area contributed by atoms with Gasteiger partial charge in [-0.1, -0.05) is 103 Å². The van der Waals surface area contributed by atoms with E-state index in [1.165, 1.54) is 103 Å². The molecule has 40 heavy (non-hydrogen) atoms. The average molecular weight is 553 g/mol. The number of carbonyl (C=O) groups is 1. The quantitative estimate of drug-likeness (QED) is 0.162. The molecule has 4 unspecified atom stereocenters. The first-order chi connectivity index (χ1) is 19.1. The Balaban J connectivity index is 1.24. The van der Waals surface area contributed by atoms with E-state index >= 15 is 0 Å². The number of rotatable bonds is 15. The second-order valence-corrected chi connectivity index (χ2v) is 15.8. The Morgan fingerprint density at radius 3 is 2.42 bits per heavy atom. The topological polar surface area (TPSA) is 37.3 Å². The largest absolute Gasteiger partial charge is 0.481 e. The van der Waals surface area contributed by atoms with Gasteiger partial charge in [-0.15, -0.1) is 0 Å². The Bertz CT molecular complexity index is 869. The van der Waals surface area contributed by atoms with Crippen molar-refractivity contribution in [2.45, 2.75) is 157 Å². The number of unbranched alkanes of at least 4 members (excludes halogenated alkanes) is 6. The van der Waals surface area contributed by atoms with Crippen LogP contribution in [-0.2, 0) is 4.79 Å². The summed E-state index contributed by atoms with van der Waals surface area (Å²) in [6.07, 6.45) is 32.0. The van der Waals surface area contributed by atoms with Gasteiger partial charge in [0, 0.05) is 6.42 Å². The van der Waals surface area contributed by atoms with Crippen molar-refractivity contribution in [3.8, 4) is 0 Å². The Morgan fingerprint density at radius 2 is 1.68 bits per heavy atom. The van der Waals surface area contributed by atoms with Gasteiger partial charge in [0.2, 0.25) is 0 Å². The number of aliphatic carboxylic acids is 1. The smallest absolute Gasteiger partial charge is 0.303 e. The highest BCUT2D eigenvalue weighted by molar-refractivity contribution is 5.66. The lowest BCUT2D eigenvalue weighted by atomic mass is 9.46. The molecule has 0 amide bonds. The molecule has 228 valence electrons. The summed E-state index contributed by atoms with van der Waals surface area (Å²) in [5, 5.41) is 8.74. The number of allylic oxidation sites excluding steroid dienone is 4. The minimum atomic E-state index is -0.654. The van der Waals surface area contributed by atoms with Crippen LogP contribution in [0.5, 0.6) is 0 Å². The second-order valence-electron chi connectivity index (χ2n) is 15.8. The minimum absolute atomic E-state index is 0.333. The highest BCUT2D eigenvalue weighted by Gasteiger charge is 2.59. The van der Waals surface area contributed by atoms with Crippen molar-refractivity contribution in [1.82, 2.24) is 0 Å². The van der Waals surface area contributed by atoms with Gasteiger partial charge in [0.15, 0.2) is 0 Å². The monoisotopic (exact) mass is 552 g/mol. The maximum atomic E-state index is 10.6. The van der Waals surface area contributed by atoms with Gasteiger partial charge in [-0.2, -0.15) is 0 Å². The van der Waals surface area contributed by atoms with E-state index in [0.717, 1.165) is 54.3 Å². The van der Waals surface area contributed by atoms with Gasteiger partial charge in [0.05, 0.1) is 0 Å². The lowest BCUT2D eigenvalue weighted by Gasteiger charge is -2.58. The highest BCUT2D eigenvalue weighted by atomic mass is 16.4. The van der Waals surface area contributed by atoms with Gasteiger partial charge < -0.3 is 5.11 Å². The summed E-state index contributed by atoms with van der Waals surface area (Å²) in [6.45, 7) is 12.8. The third kappa shape index (κ3) is 7.47. The molecule has 3 saturated carbocycles. The molecule has 0 aromatic rings. The van der Waals surface area contributed by atoms with Crippen LogP contribution in [0.4, 0.5) is 0 Å². The standard InChI is InChI=1S/C38H64O2/c1-28(2)15-14-16-29(3)33-21-22-34-32-20-19-31-27-30(17-12-10-8-6-7-9-11-13-18-36(39)40)23-25-37(31,4)35(32)24-26-38(33,34)5/h12,17,19,28-30,32-35H,6-11,13-16,18,20-27H2,1-5H3,(H,39,40)/t29-,30?,32?,33-,34?,35?,37+,38-/m1/s1. The van der Waals surface area contributed by atoms with E-state index in [1.54, 1.807) is 0 Å². The molecule has 0 saturated heterocycles. The van der Waals surface area contributed by atoms with Crippen molar-refractivity contribution in [2.24, 2.45) is 52.3 Å². The van der Waals surface area contributed by atoms with Crippen LogP contribution >= 0.6 is 0 Å². The minimum Gasteiger partial charge on any atom is -0.481 e. The summed E-state index contributed by atoms with van der Waals surface area (Å²) < 4.78 is 0. The molecule has 1 N–H and O–H groups in total. The van der Waals surface area contributed by atoms with Crippen molar-refractivity contribution in [3.05, 3.63) is 23.8 Å². The molecule has 0 bridgehead atoms. The first-order valence-corrected chi connectivity index (χ1v) is 17.7. The molecule has 0 spiro atoms. The maximum absolute atomic E-state index is 10.6. The van der Waals surface area contributed by atoms with Gasteiger partial charge in [0.1, 0.15) is 0 Å². The van der Waals surface area contributed by atoms with Crippen molar-refractivity contribution in [3.63, 3.8) is 0 Å². The molecule has 3 fully saturated rings. The third-order valence-electron chi connectivity index (χ3n) is 12.8. The zero-order valence-corrected chi connectivity index (χ0v) is 27.1. The maximum Gasteiger partial charge on any atom is 0.303 e. The van der Waals surface area contributed by atoms with Gasteiger partial charge in [-0.3, -0.25) is 4.79 Å². The van der Waals surface area contributed by atoms with E-state index in [-0.39, 0.29) is 0 Å². The van der Waals surface area contributed by atoms with Crippen LogP contribution in [0, 0.1) is 52.3 Å². The molecule has 4 aliphatic carbocycles. The van der Waals surface area contributed by atoms with Gasteiger partial charge in [-0.05, 0) is 123 Å². The molecule has 2 nitrogen and oxygen atoms in total. The summed E-state index contributed by atoms with van der Waals surface area (Å²) in [7, 11) is 0. The lowest BCUT2D eigenvalue weighted by Crippen LogP contribution is -2.50. The van der Waals surface area contributed by atoms with Crippen molar-refractivity contribution < 1.29 is 9.90 Å². The number of carboxylic acid groups (broad SMARTS) is 1. The molecule has 0 aromatic carbocycles. The van der Waals surface area contributed by atoms with Gasteiger partial charge in [-0.25, -0.2) is 0 Å². The van der Waals surface area contributed by atoms with Gasteiger partial charge in [0.25, 0.3) is 0 Å². The molecular formula is C38H64O2. The molecule has 0 aliphatic heterocycles. The average Bonchev–Trinajstić information content (AvgIpc) is 3.26. The molecule has 0 heterocycles. The summed E-state index contributed by atoms with van der Waals surface area (Å²) in [5.41, 5.74) is 2.89. The number of hydrogen-bond acceptors (Lipinski definition) is 1. The van der Waals surface area contributed by atoms with Crippen LogP contribution in [-0.4, -0.2) is 11.1 Å². The fraction of sp³-hybridized carbons (Fsp3) is 0.868. The zero-order valence-electron chi connectivity index (χ0n) is 27.1. The van der Waals surface area contributed by atoms with E-state index in [2.05, 4.69) is 52.8 Å². The molecule has 4 aliphatic rings. The zero-order chi connectivity index (χ0) is 28.8. The Hall–Kier alpha value is -1.05. The van der Waals surface area contributed by atoms with Crippen LogP contribution in [0.25, 0.3) is 0 Å². The molecular weight excluding hydrogens is 488 g/mol. The fourth-order valence-corrected chi connectivity index (χ4v) is 10.4. The number of carboxylic acids is 1. The van der Waals surface area contributed by atoms with Crippen LogP contribution in [0.1, 0.15) is 157 Å². The van der Waals surface area contributed by atoms with Crippen LogP contribution < -0.4 is 0 Å². The molecule has 2 heteroatoms. The predicted molar refractivity (Wildman–Crippen MR) is 170 cm³/mol. The second kappa shape index (κ2) is 14.4. The van der Waals surface area contributed by atoms with E-state index in [4.69, 9.17) is 5.11 Å². The summed E-state index contributed by atoms with van der Waals surface area (Å²) in [6, 6.07) is 0. The van der Waals surface area contributed by atoms with Crippen LogP contribution in [0.2, 0.25) is 0 Å². The summed E-state index contributed by atoms with van der Waals surface area (Å²) >= 11 is 0. The normalized spacial score (nSPS) is 36.2. The lowest BCUT2D eigenvalue weighted by molar-refractivity contribution is -0.137. The summed E-state index contributed by atoms with van der Waals surface area (Å²) in [5.74, 6) is 5.65. The predicted octanol–water partition coefficient (Wildman–Crippen LogP) is 11.4. The van der Waals surface area contributed by atoms with Crippen LogP contribution in [0.15, 0.2) is 23.8 Å². The summed E-state index contributed by atoms with van der Waals surface area (Å²) in [4.78, 5) is 10.6. The SMILES string of the molecule is CC(C)CCC[C@@H](C)[C@H]1CCC2C3CC=C4CC(C=CCCCCCCCCC(=O)O)CC[C@]4(C)C3CC[C@@]21C. The molecule has 4 rings (SSSR count). The number of hydrogen-bond donors (Lipinski definition) is 1. The molecule has 8 atom stereocenters.